The molecular formula is C20H34O3. The smallest absolute Gasteiger partial charge is 0.135 e. The number of aliphatic hydroxyl groups is 2. The molecule has 0 heterocycles. The van der Waals surface area contributed by atoms with Crippen LogP contribution < -0.4 is 0 Å². The van der Waals surface area contributed by atoms with Crippen LogP contribution in [-0.2, 0) is 4.79 Å². The van der Waals surface area contributed by atoms with Crippen LogP contribution in [0, 0.1) is 23.2 Å². The number of ketones is 1. The summed E-state index contributed by atoms with van der Waals surface area (Å²) >= 11 is 0. The van der Waals surface area contributed by atoms with Gasteiger partial charge >= 0.3 is 0 Å². The van der Waals surface area contributed by atoms with E-state index in [1.807, 2.05) is 6.92 Å². The highest BCUT2D eigenvalue weighted by Crippen LogP contribution is 2.59. The molecule has 2 rings (SSSR count). The molecule has 2 fully saturated rings. The van der Waals surface area contributed by atoms with Gasteiger partial charge in [-0.1, -0.05) is 18.6 Å². The van der Waals surface area contributed by atoms with Crippen LogP contribution in [-0.4, -0.2) is 27.7 Å². The van der Waals surface area contributed by atoms with Gasteiger partial charge in [0.05, 0.1) is 11.7 Å². The number of hydrogen-bond acceptors (Lipinski definition) is 3. The Kier molecular flexibility index (Phi) is 5.42. The highest BCUT2D eigenvalue weighted by atomic mass is 16.3. The molecule has 2 saturated carbocycles. The van der Waals surface area contributed by atoms with Crippen molar-refractivity contribution in [1.29, 1.82) is 0 Å². The zero-order valence-electron chi connectivity index (χ0n) is 15.4. The average molecular weight is 322 g/mol. The molecule has 2 aliphatic rings. The first-order chi connectivity index (χ1) is 10.6. The minimum atomic E-state index is -0.696. The van der Waals surface area contributed by atoms with Crippen LogP contribution in [0.25, 0.3) is 0 Å². The maximum Gasteiger partial charge on any atom is 0.135 e. The summed E-state index contributed by atoms with van der Waals surface area (Å²) in [6.07, 6.45) is 6.81. The fraction of sp³-hybridized carbons (Fsp3) is 0.850. The number of allylic oxidation sites excluding steroid dienone is 2. The van der Waals surface area contributed by atoms with Gasteiger partial charge in [0.1, 0.15) is 5.78 Å². The van der Waals surface area contributed by atoms with Gasteiger partial charge in [-0.3, -0.25) is 4.79 Å². The van der Waals surface area contributed by atoms with Gasteiger partial charge in [0, 0.05) is 5.92 Å². The predicted octanol–water partition coefficient (Wildman–Crippen LogP) is 3.88. The van der Waals surface area contributed by atoms with Gasteiger partial charge < -0.3 is 10.2 Å². The van der Waals surface area contributed by atoms with Crippen LogP contribution in [0.3, 0.4) is 0 Å². The van der Waals surface area contributed by atoms with E-state index in [0.29, 0.717) is 12.3 Å². The Balaban J connectivity index is 2.14. The third-order valence-corrected chi connectivity index (χ3v) is 6.58. The maximum absolute atomic E-state index is 11.9. The molecule has 2 N–H and O–H groups in total. The van der Waals surface area contributed by atoms with Crippen molar-refractivity contribution in [3.8, 4) is 0 Å². The fourth-order valence-corrected chi connectivity index (χ4v) is 5.13. The molecule has 0 radical (unpaired) electrons. The highest BCUT2D eigenvalue weighted by Gasteiger charge is 2.55. The largest absolute Gasteiger partial charge is 0.392 e. The Hall–Kier alpha value is -0.670. The minimum Gasteiger partial charge on any atom is -0.392 e. The standard InChI is InChI=1S/C20H34O3/c1-13(2)7-6-9-20(5,23)16-8-10-19(4)12-18(22)15(14(3)21)11-17(16)19/h7,15-18,22-23H,6,8-12H2,1-5H3. The number of carbonyl (C=O) groups excluding carboxylic acids is 1. The summed E-state index contributed by atoms with van der Waals surface area (Å²) in [4.78, 5) is 11.9. The molecule has 23 heavy (non-hydrogen) atoms. The van der Waals surface area contributed by atoms with E-state index < -0.39 is 11.7 Å². The lowest BCUT2D eigenvalue weighted by atomic mass is 9.60. The van der Waals surface area contributed by atoms with Crippen LogP contribution in [0.2, 0.25) is 0 Å². The number of hydrogen-bond donors (Lipinski definition) is 2. The molecule has 0 aromatic rings. The number of carbonyl (C=O) groups is 1. The van der Waals surface area contributed by atoms with Crippen LogP contribution in [0.15, 0.2) is 11.6 Å². The van der Waals surface area contributed by atoms with E-state index in [-0.39, 0.29) is 23.0 Å². The Labute approximate surface area is 141 Å². The molecule has 0 aliphatic heterocycles. The van der Waals surface area contributed by atoms with E-state index in [1.54, 1.807) is 6.92 Å². The lowest BCUT2D eigenvalue weighted by Crippen LogP contribution is -2.47. The number of Topliss-reactive ketones (excluding diaryl/α,β-unsaturated/α-hetero) is 1. The van der Waals surface area contributed by atoms with E-state index in [9.17, 15) is 15.0 Å². The lowest BCUT2D eigenvalue weighted by Gasteiger charge is -2.46. The summed E-state index contributed by atoms with van der Waals surface area (Å²) in [5.74, 6) is 0.408. The molecule has 6 atom stereocenters. The quantitative estimate of drug-likeness (QED) is 0.755. The molecule has 2 aliphatic carbocycles. The van der Waals surface area contributed by atoms with Gasteiger partial charge in [-0.15, -0.1) is 0 Å². The van der Waals surface area contributed by atoms with E-state index in [2.05, 4.69) is 26.8 Å². The molecule has 0 bridgehead atoms. The van der Waals surface area contributed by atoms with E-state index in [1.165, 1.54) is 5.57 Å². The van der Waals surface area contributed by atoms with Gasteiger partial charge in [-0.2, -0.15) is 0 Å². The lowest BCUT2D eigenvalue weighted by molar-refractivity contribution is -0.133. The monoisotopic (exact) mass is 322 g/mol. The summed E-state index contributed by atoms with van der Waals surface area (Å²) in [6, 6.07) is 0. The van der Waals surface area contributed by atoms with E-state index in [4.69, 9.17) is 0 Å². The predicted molar refractivity (Wildman–Crippen MR) is 93.0 cm³/mol. The number of aliphatic hydroxyl groups excluding tert-OH is 1. The third kappa shape index (κ3) is 3.88. The van der Waals surface area contributed by atoms with Gasteiger partial charge in [0.25, 0.3) is 0 Å². The number of rotatable bonds is 5. The van der Waals surface area contributed by atoms with E-state index >= 15 is 0 Å². The van der Waals surface area contributed by atoms with Crippen molar-refractivity contribution >= 4 is 5.78 Å². The van der Waals surface area contributed by atoms with Gasteiger partial charge in [-0.05, 0) is 83.5 Å². The summed E-state index contributed by atoms with van der Waals surface area (Å²) < 4.78 is 0. The van der Waals surface area contributed by atoms with Crippen LogP contribution >= 0.6 is 0 Å². The molecule has 6 unspecified atom stereocenters. The van der Waals surface area contributed by atoms with Crippen molar-refractivity contribution in [2.75, 3.05) is 0 Å². The van der Waals surface area contributed by atoms with E-state index in [0.717, 1.165) is 32.1 Å². The maximum atomic E-state index is 11.9. The first kappa shape index (κ1) is 18.7. The molecule has 3 nitrogen and oxygen atoms in total. The summed E-state index contributed by atoms with van der Waals surface area (Å²) in [5, 5.41) is 21.4. The molecular weight excluding hydrogens is 288 g/mol. The van der Waals surface area contributed by atoms with Crippen molar-refractivity contribution in [3.63, 3.8) is 0 Å². The summed E-state index contributed by atoms with van der Waals surface area (Å²) in [5.41, 5.74) is 0.656. The van der Waals surface area contributed by atoms with Crippen molar-refractivity contribution in [1.82, 2.24) is 0 Å². The molecule has 3 heteroatoms. The zero-order chi connectivity index (χ0) is 17.4. The fourth-order valence-electron chi connectivity index (χ4n) is 5.13. The van der Waals surface area contributed by atoms with Crippen LogP contribution in [0.5, 0.6) is 0 Å². The Bertz CT molecular complexity index is 475. The molecule has 0 aromatic carbocycles. The Morgan fingerprint density at radius 3 is 2.57 bits per heavy atom. The first-order valence-electron chi connectivity index (χ1n) is 9.11. The molecule has 132 valence electrons. The third-order valence-electron chi connectivity index (χ3n) is 6.58. The van der Waals surface area contributed by atoms with Gasteiger partial charge in [-0.25, -0.2) is 0 Å². The van der Waals surface area contributed by atoms with Crippen molar-refractivity contribution in [2.45, 2.75) is 84.8 Å². The SMILES string of the molecule is CC(=O)C1CC2C(C(C)(O)CCC=C(C)C)CCC2(C)CC1O. The molecule has 0 amide bonds. The van der Waals surface area contributed by atoms with Gasteiger partial charge in [0.2, 0.25) is 0 Å². The summed E-state index contributed by atoms with van der Waals surface area (Å²) in [6.45, 7) is 9.97. The molecule has 0 spiro atoms. The second-order valence-electron chi connectivity index (χ2n) is 8.81. The Morgan fingerprint density at radius 1 is 1.35 bits per heavy atom. The second-order valence-corrected chi connectivity index (χ2v) is 8.81. The van der Waals surface area contributed by atoms with Crippen molar-refractivity contribution in [3.05, 3.63) is 11.6 Å². The minimum absolute atomic E-state index is 0.0660. The van der Waals surface area contributed by atoms with Crippen molar-refractivity contribution in [2.24, 2.45) is 23.2 Å². The van der Waals surface area contributed by atoms with Crippen molar-refractivity contribution < 1.29 is 15.0 Å². The average Bonchev–Trinajstić information content (AvgIpc) is 2.73. The van der Waals surface area contributed by atoms with Crippen LogP contribution in [0.1, 0.15) is 73.1 Å². The Morgan fingerprint density at radius 2 is 2.00 bits per heavy atom. The highest BCUT2D eigenvalue weighted by molar-refractivity contribution is 5.79. The summed E-state index contributed by atoms with van der Waals surface area (Å²) in [7, 11) is 0. The second kappa shape index (κ2) is 6.68. The first-order valence-corrected chi connectivity index (χ1v) is 9.11. The number of fused-ring (bicyclic) bond motifs is 1. The molecule has 0 saturated heterocycles. The normalized spacial score (nSPS) is 39.4. The topological polar surface area (TPSA) is 57.5 Å². The van der Waals surface area contributed by atoms with Crippen LogP contribution in [0.4, 0.5) is 0 Å². The zero-order valence-corrected chi connectivity index (χ0v) is 15.4. The van der Waals surface area contributed by atoms with Gasteiger partial charge in [0.15, 0.2) is 0 Å². The molecule has 0 aromatic heterocycles.